The van der Waals surface area contributed by atoms with Crippen LogP contribution in [0.25, 0.3) is 0 Å². The van der Waals surface area contributed by atoms with E-state index in [1.54, 1.807) is 12.1 Å². The first-order valence-corrected chi connectivity index (χ1v) is 20.1. The summed E-state index contributed by atoms with van der Waals surface area (Å²) in [6.45, 7) is 10.9. The Labute approximate surface area is 330 Å². The normalized spacial score (nSPS) is 12.7. The summed E-state index contributed by atoms with van der Waals surface area (Å²) in [6, 6.07) is 6.13. The third kappa shape index (κ3) is 24.8. The number of carbonyl (C=O) groups excluding carboxylic acids is 3. The fraction of sp³-hybridized carbons (Fsp3) is 0.737. The Balaban J connectivity index is -0.000000911. The van der Waals surface area contributed by atoms with Gasteiger partial charge in [-0.05, 0) is 43.2 Å². The summed E-state index contributed by atoms with van der Waals surface area (Å²) in [5.41, 5.74) is 0.109. The minimum Gasteiger partial charge on any atom is -1.00 e. The van der Waals surface area contributed by atoms with E-state index in [0.29, 0.717) is 6.61 Å². The molecule has 0 aliphatic carbocycles. The van der Waals surface area contributed by atoms with Crippen molar-refractivity contribution in [3.05, 3.63) is 35.4 Å². The van der Waals surface area contributed by atoms with Crippen molar-refractivity contribution in [2.75, 3.05) is 19.8 Å². The van der Waals surface area contributed by atoms with Crippen molar-refractivity contribution in [3.63, 3.8) is 0 Å². The minimum atomic E-state index is -4.76. The van der Waals surface area contributed by atoms with Gasteiger partial charge in [0.05, 0.1) is 37.4 Å². The molecule has 0 radical (unpaired) electrons. The van der Waals surface area contributed by atoms with Gasteiger partial charge in [-0.3, -0.25) is 14.1 Å². The van der Waals surface area contributed by atoms with E-state index in [1.807, 2.05) is 13.8 Å². The molecule has 3 unspecified atom stereocenters. The topological polar surface area (TPSA) is 171 Å². The third-order valence-electron chi connectivity index (χ3n) is 8.61. The SMILES string of the molecule is CCCCC(CC)COC(=O)CC(C(=O)OCC(CC)CCCC)S(=O)(=O)O.CCCCCCCCCCOC(=O)c1ccccc1C(=O)O.[H-].[Na+]. The molecular weight excluding hydrogens is 687 g/mol. The molecule has 2 N–H and O–H groups in total. The predicted molar refractivity (Wildman–Crippen MR) is 196 cm³/mol. The van der Waals surface area contributed by atoms with Gasteiger partial charge in [0.15, 0.2) is 5.25 Å². The molecule has 0 aliphatic heterocycles. The quantitative estimate of drug-likeness (QED) is 0.0358. The molecular formula is C38H65NaO11S. The number of hydrogen-bond acceptors (Lipinski definition) is 9. The van der Waals surface area contributed by atoms with Crippen molar-refractivity contribution in [1.29, 1.82) is 0 Å². The van der Waals surface area contributed by atoms with Crippen LogP contribution in [0.5, 0.6) is 0 Å². The molecule has 0 aromatic heterocycles. The molecule has 290 valence electrons. The number of aromatic carboxylic acids is 1. The average Bonchev–Trinajstić information content (AvgIpc) is 3.09. The Morgan fingerprint density at radius 3 is 1.63 bits per heavy atom. The summed E-state index contributed by atoms with van der Waals surface area (Å²) >= 11 is 0. The van der Waals surface area contributed by atoms with Crippen molar-refractivity contribution < 1.29 is 82.4 Å². The summed E-state index contributed by atoms with van der Waals surface area (Å²) < 4.78 is 47.9. The molecule has 3 atom stereocenters. The van der Waals surface area contributed by atoms with E-state index >= 15 is 0 Å². The number of carboxylic acids is 1. The van der Waals surface area contributed by atoms with Crippen LogP contribution < -0.4 is 29.6 Å². The fourth-order valence-corrected chi connectivity index (χ4v) is 5.80. The van der Waals surface area contributed by atoms with Crippen molar-refractivity contribution in [2.45, 2.75) is 149 Å². The van der Waals surface area contributed by atoms with Crippen LogP contribution >= 0.6 is 0 Å². The number of benzene rings is 1. The van der Waals surface area contributed by atoms with E-state index in [4.69, 9.17) is 19.3 Å². The molecule has 0 fully saturated rings. The molecule has 51 heavy (non-hydrogen) atoms. The van der Waals surface area contributed by atoms with Gasteiger partial charge in [-0.25, -0.2) is 9.59 Å². The van der Waals surface area contributed by atoms with Crippen LogP contribution in [0.3, 0.4) is 0 Å². The molecule has 0 saturated heterocycles. The van der Waals surface area contributed by atoms with Gasteiger partial charge in [0.2, 0.25) is 0 Å². The number of hydrogen-bond donors (Lipinski definition) is 2. The number of esters is 3. The molecule has 1 aromatic carbocycles. The number of ether oxygens (including phenoxy) is 3. The number of carbonyl (C=O) groups is 4. The van der Waals surface area contributed by atoms with E-state index in [0.717, 1.165) is 70.6 Å². The molecule has 0 bridgehead atoms. The van der Waals surface area contributed by atoms with Crippen LogP contribution in [-0.2, 0) is 33.9 Å². The molecule has 0 spiro atoms. The van der Waals surface area contributed by atoms with Crippen molar-refractivity contribution >= 4 is 34.0 Å². The smallest absolute Gasteiger partial charge is 1.00 e. The zero-order valence-corrected chi connectivity index (χ0v) is 35.0. The standard InChI is InChI=1S/C20H38O7S.C18H26O4.Na.H/c1-5-9-11-16(7-3)14-26-19(21)13-18(28(23,24)25)20(22)27-15-17(8-4)12-10-6-2;1-2-3-4-5-6-7-8-11-14-22-18(21)16-13-10-9-12-15(16)17(19)20;;/h16-18H,5-15H2,1-4H3,(H,23,24,25);9-10,12-13H,2-8,11,14H2,1H3,(H,19,20);;/q;;+1;-1. The fourth-order valence-electron chi connectivity index (χ4n) is 5.15. The van der Waals surface area contributed by atoms with Gasteiger partial charge in [0, 0.05) is 0 Å². The second kappa shape index (κ2) is 31.5. The Morgan fingerprint density at radius 2 is 1.16 bits per heavy atom. The molecule has 11 nitrogen and oxygen atoms in total. The molecule has 0 aliphatic rings. The van der Waals surface area contributed by atoms with Crippen LogP contribution in [-0.4, -0.2) is 67.0 Å². The van der Waals surface area contributed by atoms with Gasteiger partial charge in [-0.2, -0.15) is 8.42 Å². The van der Waals surface area contributed by atoms with Crippen molar-refractivity contribution in [1.82, 2.24) is 0 Å². The first kappa shape index (κ1) is 51.1. The molecule has 0 heterocycles. The third-order valence-corrected chi connectivity index (χ3v) is 9.69. The maximum Gasteiger partial charge on any atom is 1.00 e. The summed E-state index contributed by atoms with van der Waals surface area (Å²) in [5.74, 6) is -3.27. The molecule has 13 heteroatoms. The first-order valence-electron chi connectivity index (χ1n) is 18.6. The van der Waals surface area contributed by atoms with E-state index in [2.05, 4.69) is 20.8 Å². The van der Waals surface area contributed by atoms with Gasteiger partial charge >= 0.3 is 53.4 Å². The van der Waals surface area contributed by atoms with Crippen LogP contribution in [0.15, 0.2) is 24.3 Å². The Kier molecular flexibility index (Phi) is 31.6. The Hall–Kier alpha value is -1.99. The predicted octanol–water partition coefficient (Wildman–Crippen LogP) is 5.95. The van der Waals surface area contributed by atoms with E-state index in [9.17, 15) is 32.1 Å². The summed E-state index contributed by atoms with van der Waals surface area (Å²) in [4.78, 5) is 47.1. The second-order valence-corrected chi connectivity index (χ2v) is 14.4. The molecule has 0 amide bonds. The van der Waals surface area contributed by atoms with Crippen LogP contribution in [0.2, 0.25) is 0 Å². The number of unbranched alkanes of at least 4 members (excludes halogenated alkanes) is 9. The van der Waals surface area contributed by atoms with Crippen LogP contribution in [0.4, 0.5) is 0 Å². The summed E-state index contributed by atoms with van der Waals surface area (Å²) in [6.07, 6.45) is 16.1. The monoisotopic (exact) mass is 752 g/mol. The summed E-state index contributed by atoms with van der Waals surface area (Å²) in [7, 11) is -4.76. The zero-order chi connectivity index (χ0) is 37.8. The number of carboxylic acid groups (broad SMARTS) is 1. The van der Waals surface area contributed by atoms with E-state index < -0.39 is 45.7 Å². The average molecular weight is 753 g/mol. The summed E-state index contributed by atoms with van der Waals surface area (Å²) in [5, 5.41) is 7.09. The van der Waals surface area contributed by atoms with Crippen molar-refractivity contribution in [3.8, 4) is 0 Å². The molecule has 1 rings (SSSR count). The first-order chi connectivity index (χ1) is 23.9. The second-order valence-electron chi connectivity index (χ2n) is 12.8. The van der Waals surface area contributed by atoms with Gasteiger partial charge < -0.3 is 20.7 Å². The largest absolute Gasteiger partial charge is 1.00 e. The molecule has 1 aromatic rings. The Morgan fingerprint density at radius 1 is 0.686 bits per heavy atom. The van der Waals surface area contributed by atoms with Crippen LogP contribution in [0, 0.1) is 11.8 Å². The maximum atomic E-state index is 12.2. The zero-order valence-electron chi connectivity index (χ0n) is 33.2. The van der Waals surface area contributed by atoms with Gasteiger partial charge in [0.25, 0.3) is 10.1 Å². The van der Waals surface area contributed by atoms with E-state index in [-0.39, 0.29) is 67.2 Å². The van der Waals surface area contributed by atoms with Crippen molar-refractivity contribution in [2.24, 2.45) is 11.8 Å². The van der Waals surface area contributed by atoms with E-state index in [1.165, 1.54) is 44.2 Å². The van der Waals surface area contributed by atoms with Crippen LogP contribution in [0.1, 0.15) is 166 Å². The minimum absolute atomic E-state index is 0. The Bertz CT molecular complexity index is 1210. The van der Waals surface area contributed by atoms with Gasteiger partial charge in [0.1, 0.15) is 0 Å². The molecule has 0 saturated carbocycles. The van der Waals surface area contributed by atoms with Gasteiger partial charge in [-0.1, -0.05) is 130 Å². The maximum absolute atomic E-state index is 12.2. The van der Waals surface area contributed by atoms with Gasteiger partial charge in [-0.15, -0.1) is 0 Å². The number of rotatable bonds is 27.